The maximum absolute atomic E-state index is 10.7. The van der Waals surface area contributed by atoms with Gasteiger partial charge in [-0.15, -0.1) is 0 Å². The maximum atomic E-state index is 10.7. The SMILES string of the molecule is Cc1c(-c2noc(C(=O)O)n2)n(C)c2nccn12. The van der Waals surface area contributed by atoms with Gasteiger partial charge in [0.2, 0.25) is 11.6 Å². The lowest BCUT2D eigenvalue weighted by molar-refractivity contribution is 0.0643. The Morgan fingerprint density at radius 3 is 2.89 bits per heavy atom. The molecule has 8 nitrogen and oxygen atoms in total. The molecule has 8 heteroatoms. The molecule has 0 aliphatic heterocycles. The zero-order valence-electron chi connectivity index (χ0n) is 9.65. The first-order valence-corrected chi connectivity index (χ1v) is 5.15. The van der Waals surface area contributed by atoms with Crippen LogP contribution in [0.3, 0.4) is 0 Å². The molecule has 0 amide bonds. The van der Waals surface area contributed by atoms with E-state index in [2.05, 4.69) is 19.6 Å². The van der Waals surface area contributed by atoms with Crippen LogP contribution in [0.15, 0.2) is 16.9 Å². The lowest BCUT2D eigenvalue weighted by atomic mass is 10.3. The summed E-state index contributed by atoms with van der Waals surface area (Å²) in [6.07, 6.45) is 3.50. The Bertz CT molecular complexity index is 716. The lowest BCUT2D eigenvalue weighted by Gasteiger charge is -1.97. The molecule has 0 saturated heterocycles. The minimum Gasteiger partial charge on any atom is -0.474 e. The van der Waals surface area contributed by atoms with Crippen molar-refractivity contribution in [1.29, 1.82) is 0 Å². The predicted molar refractivity (Wildman–Crippen MR) is 59.2 cm³/mol. The summed E-state index contributed by atoms with van der Waals surface area (Å²) in [4.78, 5) is 18.7. The highest BCUT2D eigenvalue weighted by Crippen LogP contribution is 2.23. The highest BCUT2D eigenvalue weighted by molar-refractivity contribution is 5.82. The zero-order valence-corrected chi connectivity index (χ0v) is 9.65. The molecule has 0 radical (unpaired) electrons. The van der Waals surface area contributed by atoms with Crippen LogP contribution in [0.2, 0.25) is 0 Å². The van der Waals surface area contributed by atoms with E-state index in [0.717, 1.165) is 11.5 Å². The summed E-state index contributed by atoms with van der Waals surface area (Å²) in [5.74, 6) is -0.712. The van der Waals surface area contributed by atoms with Gasteiger partial charge in [-0.2, -0.15) is 4.98 Å². The first kappa shape index (κ1) is 10.5. The third-order valence-corrected chi connectivity index (χ3v) is 2.78. The standard InChI is InChI=1S/C10H9N5O3/c1-5-6(7-12-8(9(16)17)18-13-7)14(2)10-11-3-4-15(5)10/h3-4H,1-2H3,(H,16,17). The number of carbonyl (C=O) groups is 1. The summed E-state index contributed by atoms with van der Waals surface area (Å²) in [5.41, 5.74) is 1.54. The van der Waals surface area contributed by atoms with E-state index < -0.39 is 11.9 Å². The van der Waals surface area contributed by atoms with Crippen molar-refractivity contribution in [3.63, 3.8) is 0 Å². The molecule has 0 fully saturated rings. The van der Waals surface area contributed by atoms with Crippen LogP contribution in [0.4, 0.5) is 0 Å². The molecule has 18 heavy (non-hydrogen) atoms. The second-order valence-corrected chi connectivity index (χ2v) is 3.82. The summed E-state index contributed by atoms with van der Waals surface area (Å²) in [6, 6.07) is 0. The molecule has 0 bridgehead atoms. The third kappa shape index (κ3) is 1.25. The molecule has 0 saturated carbocycles. The number of aromatic nitrogens is 5. The number of carboxylic acids is 1. The number of fused-ring (bicyclic) bond motifs is 1. The number of aromatic carboxylic acids is 1. The number of hydrogen-bond donors (Lipinski definition) is 1. The van der Waals surface area contributed by atoms with E-state index in [1.807, 2.05) is 24.6 Å². The quantitative estimate of drug-likeness (QED) is 0.716. The van der Waals surface area contributed by atoms with E-state index in [9.17, 15) is 4.79 Å². The Kier molecular flexibility index (Phi) is 2.00. The average Bonchev–Trinajstić information content (AvgIpc) is 3.00. The first-order valence-electron chi connectivity index (χ1n) is 5.15. The fraction of sp³-hybridized carbons (Fsp3) is 0.200. The number of nitrogens with zero attached hydrogens (tertiary/aromatic N) is 5. The fourth-order valence-electron chi connectivity index (χ4n) is 1.98. The molecule has 3 aromatic heterocycles. The first-order chi connectivity index (χ1) is 8.59. The molecule has 0 spiro atoms. The molecule has 0 aliphatic carbocycles. The van der Waals surface area contributed by atoms with Crippen molar-refractivity contribution in [2.75, 3.05) is 0 Å². The summed E-state index contributed by atoms with van der Waals surface area (Å²) < 4.78 is 8.31. The van der Waals surface area contributed by atoms with Crippen molar-refractivity contribution < 1.29 is 14.4 Å². The van der Waals surface area contributed by atoms with Crippen LogP contribution < -0.4 is 0 Å². The van der Waals surface area contributed by atoms with Crippen molar-refractivity contribution in [3.05, 3.63) is 24.0 Å². The van der Waals surface area contributed by atoms with Gasteiger partial charge in [-0.05, 0) is 6.92 Å². The van der Waals surface area contributed by atoms with Crippen LogP contribution in [0.1, 0.15) is 16.4 Å². The lowest BCUT2D eigenvalue weighted by Crippen LogP contribution is -1.98. The number of carboxylic acid groups (broad SMARTS) is 1. The maximum Gasteiger partial charge on any atom is 0.394 e. The Balaban J connectivity index is 2.24. The molecule has 0 unspecified atom stereocenters. The Hall–Kier alpha value is -2.64. The molecule has 0 atom stereocenters. The van der Waals surface area contributed by atoms with Gasteiger partial charge in [0.15, 0.2) is 0 Å². The minimum absolute atomic E-state index is 0.234. The molecule has 3 aromatic rings. The van der Waals surface area contributed by atoms with Crippen molar-refractivity contribution in [3.8, 4) is 11.5 Å². The monoisotopic (exact) mass is 247 g/mol. The smallest absolute Gasteiger partial charge is 0.394 e. The highest BCUT2D eigenvalue weighted by atomic mass is 16.5. The topological polar surface area (TPSA) is 98.5 Å². The van der Waals surface area contributed by atoms with Crippen LogP contribution in [0.25, 0.3) is 17.3 Å². The van der Waals surface area contributed by atoms with Gasteiger partial charge in [-0.3, -0.25) is 4.40 Å². The van der Waals surface area contributed by atoms with Gasteiger partial charge in [0, 0.05) is 19.4 Å². The van der Waals surface area contributed by atoms with Gasteiger partial charge in [0.1, 0.15) is 5.69 Å². The summed E-state index contributed by atoms with van der Waals surface area (Å²) in [7, 11) is 1.81. The third-order valence-electron chi connectivity index (χ3n) is 2.78. The fourth-order valence-corrected chi connectivity index (χ4v) is 1.98. The Labute approximate surface area is 100 Å². The molecular weight excluding hydrogens is 238 g/mol. The van der Waals surface area contributed by atoms with Gasteiger partial charge < -0.3 is 14.2 Å². The molecule has 1 N–H and O–H groups in total. The van der Waals surface area contributed by atoms with Crippen molar-refractivity contribution in [1.82, 2.24) is 24.1 Å². The van der Waals surface area contributed by atoms with Gasteiger partial charge >= 0.3 is 11.9 Å². The highest BCUT2D eigenvalue weighted by Gasteiger charge is 2.21. The van der Waals surface area contributed by atoms with E-state index in [4.69, 9.17) is 5.11 Å². The van der Waals surface area contributed by atoms with Gasteiger partial charge in [-0.25, -0.2) is 9.78 Å². The number of imidazole rings is 2. The summed E-state index contributed by atoms with van der Waals surface area (Å²) >= 11 is 0. The number of hydrogen-bond acceptors (Lipinski definition) is 5. The van der Waals surface area contributed by atoms with Crippen LogP contribution in [0, 0.1) is 6.92 Å². The van der Waals surface area contributed by atoms with Crippen LogP contribution in [-0.2, 0) is 7.05 Å². The molecule has 0 aliphatic rings. The van der Waals surface area contributed by atoms with Crippen molar-refractivity contribution in [2.45, 2.75) is 6.92 Å². The van der Waals surface area contributed by atoms with E-state index >= 15 is 0 Å². The van der Waals surface area contributed by atoms with E-state index in [-0.39, 0.29) is 5.82 Å². The molecule has 3 heterocycles. The Morgan fingerprint density at radius 2 is 2.28 bits per heavy atom. The largest absolute Gasteiger partial charge is 0.474 e. The van der Waals surface area contributed by atoms with E-state index in [1.54, 1.807) is 10.8 Å². The zero-order chi connectivity index (χ0) is 12.9. The molecule has 3 rings (SSSR count). The molecular formula is C10H9N5O3. The minimum atomic E-state index is -1.25. The Morgan fingerprint density at radius 1 is 1.50 bits per heavy atom. The predicted octanol–water partition coefficient (Wildman–Crippen LogP) is 0.729. The van der Waals surface area contributed by atoms with Crippen LogP contribution in [-0.4, -0.2) is 35.2 Å². The van der Waals surface area contributed by atoms with Gasteiger partial charge in [0.25, 0.3) is 0 Å². The second-order valence-electron chi connectivity index (χ2n) is 3.82. The van der Waals surface area contributed by atoms with Gasteiger partial charge in [-0.1, -0.05) is 5.16 Å². The summed E-state index contributed by atoms with van der Waals surface area (Å²) in [5, 5.41) is 12.4. The van der Waals surface area contributed by atoms with Crippen LogP contribution >= 0.6 is 0 Å². The van der Waals surface area contributed by atoms with Crippen LogP contribution in [0.5, 0.6) is 0 Å². The molecule has 0 aromatic carbocycles. The normalized spacial score (nSPS) is 11.2. The summed E-state index contributed by atoms with van der Waals surface area (Å²) in [6.45, 7) is 1.88. The van der Waals surface area contributed by atoms with E-state index in [1.165, 1.54) is 0 Å². The van der Waals surface area contributed by atoms with Crippen molar-refractivity contribution in [2.24, 2.45) is 7.05 Å². The van der Waals surface area contributed by atoms with Crippen molar-refractivity contribution >= 4 is 11.7 Å². The number of rotatable bonds is 2. The second kappa shape index (κ2) is 3.42. The molecule has 92 valence electrons. The van der Waals surface area contributed by atoms with Gasteiger partial charge in [0.05, 0.1) is 5.69 Å². The van der Waals surface area contributed by atoms with E-state index in [0.29, 0.717) is 5.69 Å². The average molecular weight is 247 g/mol. The number of aryl methyl sites for hydroxylation is 2.